The summed E-state index contributed by atoms with van der Waals surface area (Å²) in [5.74, 6) is -0.186. The van der Waals surface area contributed by atoms with E-state index < -0.39 is 0 Å². The van der Waals surface area contributed by atoms with Gasteiger partial charge in [-0.1, -0.05) is 12.1 Å². The Morgan fingerprint density at radius 1 is 1.56 bits per heavy atom. The van der Waals surface area contributed by atoms with Crippen LogP contribution in [-0.4, -0.2) is 29.9 Å². The van der Waals surface area contributed by atoms with Crippen molar-refractivity contribution in [3.8, 4) is 0 Å². The maximum atomic E-state index is 13.0. The van der Waals surface area contributed by atoms with Gasteiger partial charge in [0.15, 0.2) is 0 Å². The molecule has 0 radical (unpaired) electrons. The highest BCUT2D eigenvalue weighted by molar-refractivity contribution is 5.81. The number of rotatable bonds is 2. The van der Waals surface area contributed by atoms with E-state index in [1.807, 2.05) is 17.9 Å². The Labute approximate surface area is 94.3 Å². The molecule has 1 aromatic rings. The zero-order chi connectivity index (χ0) is 11.5. The highest BCUT2D eigenvalue weighted by Crippen LogP contribution is 2.11. The van der Waals surface area contributed by atoms with Crippen molar-refractivity contribution in [2.75, 3.05) is 13.1 Å². The average Bonchev–Trinajstić information content (AvgIpc) is 2.25. The molecule has 1 aromatic carbocycles. The molecule has 1 aliphatic rings. The number of hydrogen-bond acceptors (Lipinski definition) is 2. The first kappa shape index (κ1) is 11.1. The van der Waals surface area contributed by atoms with Crippen LogP contribution >= 0.6 is 0 Å². The topological polar surface area (TPSA) is 32.3 Å². The van der Waals surface area contributed by atoms with Gasteiger partial charge in [0, 0.05) is 19.6 Å². The number of nitrogens with zero attached hydrogens (tertiary/aromatic N) is 1. The average molecular weight is 222 g/mol. The summed E-state index contributed by atoms with van der Waals surface area (Å²) in [6, 6.07) is 6.37. The zero-order valence-corrected chi connectivity index (χ0v) is 9.24. The molecule has 3 nitrogen and oxygen atoms in total. The van der Waals surface area contributed by atoms with Crippen molar-refractivity contribution >= 4 is 5.91 Å². The summed E-state index contributed by atoms with van der Waals surface area (Å²) in [7, 11) is 0. The molecular formula is C12H15FN2O. The molecular weight excluding hydrogens is 207 g/mol. The van der Waals surface area contributed by atoms with E-state index in [-0.39, 0.29) is 17.8 Å². The lowest BCUT2D eigenvalue weighted by Gasteiger charge is -2.32. The molecule has 1 heterocycles. The molecule has 1 amide bonds. The number of benzene rings is 1. The van der Waals surface area contributed by atoms with E-state index in [2.05, 4.69) is 5.32 Å². The van der Waals surface area contributed by atoms with Crippen molar-refractivity contribution in [1.29, 1.82) is 0 Å². The molecule has 0 bridgehead atoms. The van der Waals surface area contributed by atoms with Gasteiger partial charge in [0.25, 0.3) is 0 Å². The maximum absolute atomic E-state index is 13.0. The SMILES string of the molecule is C[C@H]1C(=O)NCCN1Cc1cccc(F)c1. The predicted octanol–water partition coefficient (Wildman–Crippen LogP) is 1.15. The van der Waals surface area contributed by atoms with Crippen molar-refractivity contribution in [3.05, 3.63) is 35.6 Å². The van der Waals surface area contributed by atoms with E-state index in [4.69, 9.17) is 0 Å². The Morgan fingerprint density at radius 2 is 2.38 bits per heavy atom. The van der Waals surface area contributed by atoms with Crippen LogP contribution in [0, 0.1) is 5.82 Å². The fraction of sp³-hybridized carbons (Fsp3) is 0.417. The summed E-state index contributed by atoms with van der Waals surface area (Å²) in [5, 5.41) is 2.80. The van der Waals surface area contributed by atoms with Crippen LogP contribution in [0.3, 0.4) is 0 Å². The van der Waals surface area contributed by atoms with Gasteiger partial charge in [0.2, 0.25) is 5.91 Å². The van der Waals surface area contributed by atoms with E-state index in [9.17, 15) is 9.18 Å². The van der Waals surface area contributed by atoms with Gasteiger partial charge in [-0.3, -0.25) is 9.69 Å². The van der Waals surface area contributed by atoms with Gasteiger partial charge in [-0.25, -0.2) is 4.39 Å². The van der Waals surface area contributed by atoms with E-state index >= 15 is 0 Å². The second-order valence-corrected chi connectivity index (χ2v) is 4.07. The third-order valence-electron chi connectivity index (χ3n) is 2.90. The Morgan fingerprint density at radius 3 is 3.12 bits per heavy atom. The number of piperazine rings is 1. The summed E-state index contributed by atoms with van der Waals surface area (Å²) in [6.45, 7) is 3.96. The molecule has 0 aliphatic carbocycles. The molecule has 1 saturated heterocycles. The van der Waals surface area contributed by atoms with Crippen molar-refractivity contribution in [3.63, 3.8) is 0 Å². The minimum Gasteiger partial charge on any atom is -0.353 e. The van der Waals surface area contributed by atoms with Crippen LogP contribution in [0.1, 0.15) is 12.5 Å². The van der Waals surface area contributed by atoms with Crippen molar-refractivity contribution in [2.45, 2.75) is 19.5 Å². The largest absolute Gasteiger partial charge is 0.353 e. The van der Waals surface area contributed by atoms with E-state index in [1.54, 1.807) is 6.07 Å². The Kier molecular flexibility index (Phi) is 3.19. The van der Waals surface area contributed by atoms with Crippen LogP contribution in [0.25, 0.3) is 0 Å². The minimum absolute atomic E-state index is 0.0441. The molecule has 16 heavy (non-hydrogen) atoms. The first-order chi connectivity index (χ1) is 7.66. The summed E-state index contributed by atoms with van der Waals surface area (Å²) < 4.78 is 13.0. The predicted molar refractivity (Wildman–Crippen MR) is 59.3 cm³/mol. The molecule has 0 unspecified atom stereocenters. The van der Waals surface area contributed by atoms with Crippen molar-refractivity contribution in [1.82, 2.24) is 10.2 Å². The third-order valence-corrected chi connectivity index (χ3v) is 2.90. The van der Waals surface area contributed by atoms with Gasteiger partial charge in [-0.05, 0) is 24.6 Å². The molecule has 0 aromatic heterocycles. The molecule has 2 rings (SSSR count). The van der Waals surface area contributed by atoms with E-state index in [0.29, 0.717) is 13.1 Å². The molecule has 86 valence electrons. The summed E-state index contributed by atoms with van der Waals surface area (Å²) in [4.78, 5) is 13.5. The number of carbonyl (C=O) groups is 1. The van der Waals surface area contributed by atoms with E-state index in [1.165, 1.54) is 12.1 Å². The van der Waals surface area contributed by atoms with Gasteiger partial charge >= 0.3 is 0 Å². The van der Waals surface area contributed by atoms with Gasteiger partial charge in [0.05, 0.1) is 6.04 Å². The normalized spacial score (nSPS) is 21.9. The summed E-state index contributed by atoms with van der Waals surface area (Å²) in [6.07, 6.45) is 0. The van der Waals surface area contributed by atoms with Crippen molar-refractivity contribution < 1.29 is 9.18 Å². The number of nitrogens with one attached hydrogen (secondary N) is 1. The molecule has 1 atom stereocenters. The molecule has 1 aliphatic heterocycles. The second kappa shape index (κ2) is 4.61. The third kappa shape index (κ3) is 2.39. The lowest BCUT2D eigenvalue weighted by Crippen LogP contribution is -2.53. The smallest absolute Gasteiger partial charge is 0.237 e. The first-order valence-electron chi connectivity index (χ1n) is 5.43. The molecule has 0 saturated carbocycles. The maximum Gasteiger partial charge on any atom is 0.237 e. The fourth-order valence-corrected chi connectivity index (χ4v) is 1.92. The van der Waals surface area contributed by atoms with Crippen LogP contribution in [0.2, 0.25) is 0 Å². The lowest BCUT2D eigenvalue weighted by atomic mass is 10.1. The van der Waals surface area contributed by atoms with Gasteiger partial charge in [-0.2, -0.15) is 0 Å². The monoisotopic (exact) mass is 222 g/mol. The van der Waals surface area contributed by atoms with Gasteiger partial charge < -0.3 is 5.32 Å². The fourth-order valence-electron chi connectivity index (χ4n) is 1.92. The summed E-state index contributed by atoms with van der Waals surface area (Å²) in [5.41, 5.74) is 0.904. The van der Waals surface area contributed by atoms with Crippen LogP contribution in [0.15, 0.2) is 24.3 Å². The number of hydrogen-bond donors (Lipinski definition) is 1. The molecule has 4 heteroatoms. The van der Waals surface area contributed by atoms with Gasteiger partial charge in [-0.15, -0.1) is 0 Å². The van der Waals surface area contributed by atoms with Crippen LogP contribution in [0.5, 0.6) is 0 Å². The number of amides is 1. The first-order valence-corrected chi connectivity index (χ1v) is 5.43. The Balaban J connectivity index is 2.06. The molecule has 1 fully saturated rings. The van der Waals surface area contributed by atoms with Gasteiger partial charge in [0.1, 0.15) is 5.82 Å². The van der Waals surface area contributed by atoms with Crippen molar-refractivity contribution in [2.24, 2.45) is 0 Å². The highest BCUT2D eigenvalue weighted by atomic mass is 19.1. The van der Waals surface area contributed by atoms with Crippen LogP contribution in [-0.2, 0) is 11.3 Å². The Hall–Kier alpha value is -1.42. The number of halogens is 1. The Bertz CT molecular complexity index is 394. The van der Waals surface area contributed by atoms with Crippen LogP contribution < -0.4 is 5.32 Å². The highest BCUT2D eigenvalue weighted by Gasteiger charge is 2.24. The molecule has 1 N–H and O–H groups in total. The quantitative estimate of drug-likeness (QED) is 0.814. The second-order valence-electron chi connectivity index (χ2n) is 4.07. The minimum atomic E-state index is -0.230. The van der Waals surface area contributed by atoms with Crippen LogP contribution in [0.4, 0.5) is 4.39 Å². The zero-order valence-electron chi connectivity index (χ0n) is 9.24. The molecule has 0 spiro atoms. The summed E-state index contributed by atoms with van der Waals surface area (Å²) >= 11 is 0. The lowest BCUT2D eigenvalue weighted by molar-refractivity contribution is -0.128. The standard InChI is InChI=1S/C12H15FN2O/c1-9-12(16)14-5-6-15(9)8-10-3-2-4-11(13)7-10/h2-4,7,9H,5-6,8H2,1H3,(H,14,16)/t9-/m0/s1. The number of carbonyl (C=O) groups excluding carboxylic acids is 1. The van der Waals surface area contributed by atoms with E-state index in [0.717, 1.165) is 12.1 Å².